The van der Waals surface area contributed by atoms with E-state index in [1.165, 1.54) is 12.1 Å². The van der Waals surface area contributed by atoms with E-state index in [-0.39, 0.29) is 23.2 Å². The molecule has 2 aromatic carbocycles. The van der Waals surface area contributed by atoms with Gasteiger partial charge in [-0.25, -0.2) is 4.98 Å². The normalized spacial score (nSPS) is 12.4. The van der Waals surface area contributed by atoms with E-state index in [9.17, 15) is 26.3 Å². The summed E-state index contributed by atoms with van der Waals surface area (Å²) in [5.74, 6) is 0.360. The topological polar surface area (TPSA) is 41.8 Å². The van der Waals surface area contributed by atoms with Crippen LogP contribution in [0.15, 0.2) is 65.1 Å². The Morgan fingerprint density at radius 2 is 1.32 bits per heavy atom. The number of alkyl halides is 6. The molecule has 0 aliphatic carbocycles. The zero-order valence-corrected chi connectivity index (χ0v) is 15.9. The molecule has 0 amide bonds. The number of H-pyrrole nitrogens is 1. The van der Waals surface area contributed by atoms with E-state index < -0.39 is 23.5 Å². The molecule has 0 unspecified atom stereocenters. The van der Waals surface area contributed by atoms with E-state index in [1.54, 1.807) is 6.92 Å². The standard InChI is InChI=1S/C22H14F6N2O/c1-12-19(13-5-3-2-4-6-13)30-20(29-12)18-8-7-17(31-18)14-9-15(21(23,24)25)11-16(10-14)22(26,27)28/h2-11H,1H3,(H,29,30). The SMILES string of the molecule is Cc1nc(-c2ccc(-c3cc(C(F)(F)F)cc(C(F)(F)F)c3)o2)[nH]c1-c1ccccc1. The lowest BCUT2D eigenvalue weighted by atomic mass is 10.0. The monoisotopic (exact) mass is 436 g/mol. The minimum Gasteiger partial charge on any atom is -0.453 e. The van der Waals surface area contributed by atoms with Crippen molar-refractivity contribution in [1.29, 1.82) is 0 Å². The first-order valence-electron chi connectivity index (χ1n) is 9.04. The Balaban J connectivity index is 1.75. The third-order valence-corrected chi connectivity index (χ3v) is 4.66. The van der Waals surface area contributed by atoms with E-state index in [2.05, 4.69) is 9.97 Å². The number of aromatic amines is 1. The van der Waals surface area contributed by atoms with Gasteiger partial charge in [-0.15, -0.1) is 0 Å². The number of hydrogen-bond acceptors (Lipinski definition) is 2. The van der Waals surface area contributed by atoms with Crippen LogP contribution in [0.2, 0.25) is 0 Å². The van der Waals surface area contributed by atoms with Crippen LogP contribution in [0.3, 0.4) is 0 Å². The zero-order chi connectivity index (χ0) is 22.4. The Hall–Kier alpha value is -3.49. The highest BCUT2D eigenvalue weighted by atomic mass is 19.4. The number of furan rings is 1. The largest absolute Gasteiger partial charge is 0.453 e. The number of aryl methyl sites for hydroxylation is 1. The maximum atomic E-state index is 13.1. The van der Waals surface area contributed by atoms with Crippen molar-refractivity contribution in [3.05, 3.63) is 77.5 Å². The maximum Gasteiger partial charge on any atom is 0.416 e. The molecule has 0 radical (unpaired) electrons. The van der Waals surface area contributed by atoms with Gasteiger partial charge in [0.15, 0.2) is 11.6 Å². The van der Waals surface area contributed by atoms with Gasteiger partial charge in [-0.3, -0.25) is 0 Å². The van der Waals surface area contributed by atoms with Crippen molar-refractivity contribution in [2.45, 2.75) is 19.3 Å². The fourth-order valence-electron chi connectivity index (χ4n) is 3.18. The number of nitrogens with one attached hydrogen (secondary N) is 1. The Bertz CT molecular complexity index is 1190. The second kappa shape index (κ2) is 7.33. The summed E-state index contributed by atoms with van der Waals surface area (Å²) < 4.78 is 84.3. The summed E-state index contributed by atoms with van der Waals surface area (Å²) in [4.78, 5) is 7.45. The van der Waals surface area contributed by atoms with Crippen molar-refractivity contribution in [2.24, 2.45) is 0 Å². The van der Waals surface area contributed by atoms with Crippen LogP contribution in [0, 0.1) is 6.92 Å². The van der Waals surface area contributed by atoms with Crippen LogP contribution in [0.1, 0.15) is 16.8 Å². The smallest absolute Gasteiger partial charge is 0.416 e. The fraction of sp³-hybridized carbons (Fsp3) is 0.136. The molecule has 0 aliphatic heterocycles. The molecule has 2 heterocycles. The van der Waals surface area contributed by atoms with Gasteiger partial charge in [0, 0.05) is 5.56 Å². The van der Waals surface area contributed by atoms with Crippen LogP contribution in [0.5, 0.6) is 0 Å². The van der Waals surface area contributed by atoms with Crippen molar-refractivity contribution in [2.75, 3.05) is 0 Å². The lowest BCUT2D eigenvalue weighted by Gasteiger charge is -2.13. The average molecular weight is 436 g/mol. The molecule has 31 heavy (non-hydrogen) atoms. The lowest BCUT2D eigenvalue weighted by molar-refractivity contribution is -0.143. The molecule has 2 aromatic heterocycles. The molecule has 160 valence electrons. The molecular formula is C22H14F6N2O. The molecule has 4 rings (SSSR count). The molecule has 0 spiro atoms. The summed E-state index contributed by atoms with van der Waals surface area (Å²) in [5, 5.41) is 0. The number of aromatic nitrogens is 2. The van der Waals surface area contributed by atoms with Crippen LogP contribution in [0.25, 0.3) is 34.2 Å². The fourth-order valence-corrected chi connectivity index (χ4v) is 3.18. The van der Waals surface area contributed by atoms with Crippen molar-refractivity contribution in [3.63, 3.8) is 0 Å². The number of hydrogen-bond donors (Lipinski definition) is 1. The van der Waals surface area contributed by atoms with E-state index in [4.69, 9.17) is 4.42 Å². The Kier molecular flexibility index (Phi) is 4.91. The van der Waals surface area contributed by atoms with Gasteiger partial charge in [-0.05, 0) is 42.8 Å². The number of rotatable bonds is 3. The maximum absolute atomic E-state index is 13.1. The first kappa shape index (κ1) is 20.8. The van der Waals surface area contributed by atoms with Gasteiger partial charge in [-0.2, -0.15) is 26.3 Å². The number of halogens is 6. The minimum absolute atomic E-state index is 0.0787. The lowest BCUT2D eigenvalue weighted by Crippen LogP contribution is -2.11. The van der Waals surface area contributed by atoms with Gasteiger partial charge in [0.05, 0.1) is 22.5 Å². The molecular weight excluding hydrogens is 422 g/mol. The molecule has 3 nitrogen and oxygen atoms in total. The highest BCUT2D eigenvalue weighted by Crippen LogP contribution is 2.39. The molecule has 0 fully saturated rings. The second-order valence-corrected chi connectivity index (χ2v) is 6.87. The molecule has 1 N–H and O–H groups in total. The summed E-state index contributed by atoms with van der Waals surface area (Å²) in [5.41, 5.74) is -0.881. The molecule has 0 saturated carbocycles. The Morgan fingerprint density at radius 1 is 0.742 bits per heavy atom. The summed E-state index contributed by atoms with van der Waals surface area (Å²) in [6.07, 6.45) is -9.87. The zero-order valence-electron chi connectivity index (χ0n) is 15.9. The van der Waals surface area contributed by atoms with Gasteiger partial charge < -0.3 is 9.40 Å². The van der Waals surface area contributed by atoms with E-state index in [0.29, 0.717) is 23.7 Å². The summed E-state index contributed by atoms with van der Waals surface area (Å²) in [7, 11) is 0. The third kappa shape index (κ3) is 4.21. The highest BCUT2D eigenvalue weighted by molar-refractivity contribution is 5.68. The van der Waals surface area contributed by atoms with Gasteiger partial charge in [0.25, 0.3) is 0 Å². The first-order chi connectivity index (χ1) is 14.5. The summed E-state index contributed by atoms with van der Waals surface area (Å²) in [6.45, 7) is 1.77. The predicted octanol–water partition coefficient (Wildman–Crippen LogP) is 7.35. The number of benzene rings is 2. The predicted molar refractivity (Wildman–Crippen MR) is 102 cm³/mol. The molecule has 0 bridgehead atoms. The Morgan fingerprint density at radius 3 is 1.90 bits per heavy atom. The van der Waals surface area contributed by atoms with Crippen LogP contribution in [0.4, 0.5) is 26.3 Å². The van der Waals surface area contributed by atoms with E-state index in [1.807, 2.05) is 30.3 Å². The minimum atomic E-state index is -4.94. The average Bonchev–Trinajstić information content (AvgIpc) is 3.34. The second-order valence-electron chi connectivity index (χ2n) is 6.87. The van der Waals surface area contributed by atoms with Crippen LogP contribution in [-0.2, 0) is 12.4 Å². The van der Waals surface area contributed by atoms with E-state index >= 15 is 0 Å². The number of imidazole rings is 1. The van der Waals surface area contributed by atoms with Crippen LogP contribution < -0.4 is 0 Å². The van der Waals surface area contributed by atoms with Gasteiger partial charge in [0.1, 0.15) is 5.76 Å². The first-order valence-corrected chi connectivity index (χ1v) is 9.04. The highest BCUT2D eigenvalue weighted by Gasteiger charge is 2.37. The third-order valence-electron chi connectivity index (χ3n) is 4.66. The molecule has 4 aromatic rings. The van der Waals surface area contributed by atoms with Crippen LogP contribution in [-0.4, -0.2) is 9.97 Å². The molecule has 9 heteroatoms. The molecule has 0 aliphatic rings. The van der Waals surface area contributed by atoms with Gasteiger partial charge >= 0.3 is 12.4 Å². The van der Waals surface area contributed by atoms with E-state index in [0.717, 1.165) is 11.3 Å². The summed E-state index contributed by atoms with van der Waals surface area (Å²) in [6, 6.07) is 13.4. The van der Waals surface area contributed by atoms with Crippen molar-refractivity contribution in [3.8, 4) is 34.2 Å². The van der Waals surface area contributed by atoms with Gasteiger partial charge in [0.2, 0.25) is 0 Å². The van der Waals surface area contributed by atoms with Crippen LogP contribution >= 0.6 is 0 Å². The van der Waals surface area contributed by atoms with Crippen molar-refractivity contribution in [1.82, 2.24) is 9.97 Å². The van der Waals surface area contributed by atoms with Crippen molar-refractivity contribution >= 4 is 0 Å². The summed E-state index contributed by atoms with van der Waals surface area (Å²) >= 11 is 0. The molecule has 0 atom stereocenters. The molecule has 0 saturated heterocycles. The Labute approximate surface area is 172 Å². The quantitative estimate of drug-likeness (QED) is 0.341. The number of nitrogens with zero attached hydrogens (tertiary/aromatic N) is 1. The van der Waals surface area contributed by atoms with Gasteiger partial charge in [-0.1, -0.05) is 30.3 Å². The van der Waals surface area contributed by atoms with Crippen molar-refractivity contribution < 1.29 is 30.8 Å².